The molecule has 0 aromatic carbocycles. The fourth-order valence-corrected chi connectivity index (χ4v) is 3.88. The van der Waals surface area contributed by atoms with E-state index in [4.69, 9.17) is 9.47 Å². The molecule has 20 heavy (non-hydrogen) atoms. The molecule has 0 unspecified atom stereocenters. The van der Waals surface area contributed by atoms with Crippen molar-refractivity contribution in [2.24, 2.45) is 11.3 Å². The van der Waals surface area contributed by atoms with Crippen LogP contribution in [0.3, 0.4) is 0 Å². The Morgan fingerprint density at radius 1 is 1.40 bits per heavy atom. The Hall–Kier alpha value is -0.830. The number of hydrogen-bond acceptors (Lipinski definition) is 3. The van der Waals surface area contributed by atoms with Gasteiger partial charge in [-0.2, -0.15) is 0 Å². The molecule has 0 aromatic rings. The number of ether oxygens (including phenoxy) is 2. The summed E-state index contributed by atoms with van der Waals surface area (Å²) in [5, 5.41) is 0. The normalized spacial score (nSPS) is 35.4. The lowest BCUT2D eigenvalue weighted by Gasteiger charge is -2.40. The zero-order valence-electron chi connectivity index (χ0n) is 13.5. The molecular formula is C17H28O3. The van der Waals surface area contributed by atoms with E-state index >= 15 is 0 Å². The topological polar surface area (TPSA) is 38.8 Å². The number of hydrogen-bond donors (Lipinski definition) is 0. The van der Waals surface area contributed by atoms with Gasteiger partial charge in [0.1, 0.15) is 0 Å². The van der Waals surface area contributed by atoms with Crippen LogP contribution in [0.2, 0.25) is 0 Å². The first-order chi connectivity index (χ1) is 9.29. The summed E-state index contributed by atoms with van der Waals surface area (Å²) in [6.45, 7) is 11.2. The van der Waals surface area contributed by atoms with Gasteiger partial charge in [0.05, 0.1) is 18.3 Å². The van der Waals surface area contributed by atoms with E-state index in [-0.39, 0.29) is 11.6 Å². The van der Waals surface area contributed by atoms with Gasteiger partial charge in [-0.15, -0.1) is 0 Å². The molecule has 3 atom stereocenters. The molecule has 2 aliphatic rings. The average molecular weight is 280 g/mol. The van der Waals surface area contributed by atoms with Gasteiger partial charge in [0.15, 0.2) is 0 Å². The van der Waals surface area contributed by atoms with Crippen molar-refractivity contribution in [3.8, 4) is 0 Å². The molecule has 1 saturated heterocycles. The number of fused-ring (bicyclic) bond motifs is 1. The van der Waals surface area contributed by atoms with Gasteiger partial charge in [0.25, 0.3) is 0 Å². The molecule has 2 fully saturated rings. The first kappa shape index (κ1) is 15.6. The van der Waals surface area contributed by atoms with Crippen LogP contribution in [-0.4, -0.2) is 24.3 Å². The van der Waals surface area contributed by atoms with Crippen LogP contribution in [0.4, 0.5) is 0 Å². The van der Waals surface area contributed by atoms with Gasteiger partial charge in [-0.05, 0) is 57.8 Å². The molecule has 1 heterocycles. The Kier molecular flexibility index (Phi) is 4.29. The van der Waals surface area contributed by atoms with E-state index in [1.165, 1.54) is 12.8 Å². The van der Waals surface area contributed by atoms with Crippen LogP contribution in [-0.2, 0) is 14.3 Å². The maximum atomic E-state index is 11.4. The van der Waals surface area contributed by atoms with Gasteiger partial charge in [0, 0.05) is 6.08 Å². The second kappa shape index (κ2) is 5.51. The highest BCUT2D eigenvalue weighted by molar-refractivity contribution is 5.82. The molecule has 0 N–H and O–H groups in total. The number of carbonyl (C=O) groups excluding carboxylic acids is 1. The molecule has 114 valence electrons. The molecule has 1 saturated carbocycles. The lowest BCUT2D eigenvalue weighted by atomic mass is 9.62. The Balaban J connectivity index is 1.94. The minimum absolute atomic E-state index is 0.0754. The van der Waals surface area contributed by atoms with Crippen molar-refractivity contribution in [2.75, 3.05) is 6.61 Å². The Bertz CT molecular complexity index is 406. The monoisotopic (exact) mass is 280 g/mol. The van der Waals surface area contributed by atoms with Crippen LogP contribution in [0.1, 0.15) is 60.3 Å². The van der Waals surface area contributed by atoms with Crippen molar-refractivity contribution in [1.29, 1.82) is 0 Å². The number of allylic oxidation sites excluding steroid dienone is 1. The van der Waals surface area contributed by atoms with Crippen molar-refractivity contribution in [3.05, 3.63) is 11.6 Å². The lowest BCUT2D eigenvalue weighted by Crippen LogP contribution is -2.40. The van der Waals surface area contributed by atoms with Gasteiger partial charge in [0.2, 0.25) is 0 Å². The van der Waals surface area contributed by atoms with Gasteiger partial charge in [-0.3, -0.25) is 0 Å². The van der Waals surface area contributed by atoms with Gasteiger partial charge >= 0.3 is 5.97 Å². The molecular weight excluding hydrogens is 252 g/mol. The summed E-state index contributed by atoms with van der Waals surface area (Å²) < 4.78 is 10.9. The second-order valence-corrected chi connectivity index (χ2v) is 7.15. The van der Waals surface area contributed by atoms with E-state index in [2.05, 4.69) is 20.8 Å². The fraction of sp³-hybridized carbons (Fsp3) is 0.824. The first-order valence-corrected chi connectivity index (χ1v) is 7.81. The third-order valence-corrected chi connectivity index (χ3v) is 5.14. The summed E-state index contributed by atoms with van der Waals surface area (Å²) >= 11 is 0. The van der Waals surface area contributed by atoms with Crippen molar-refractivity contribution < 1.29 is 14.3 Å². The van der Waals surface area contributed by atoms with E-state index in [0.29, 0.717) is 24.0 Å². The second-order valence-electron chi connectivity index (χ2n) is 7.15. The highest BCUT2D eigenvalue weighted by atomic mass is 16.6. The largest absolute Gasteiger partial charge is 0.463 e. The van der Waals surface area contributed by atoms with Crippen molar-refractivity contribution >= 4 is 5.97 Å². The molecule has 1 aliphatic heterocycles. The number of carbonyl (C=O) groups is 1. The predicted octanol–water partition coefficient (Wildman–Crippen LogP) is 3.87. The molecule has 0 bridgehead atoms. The minimum atomic E-state index is -0.223. The van der Waals surface area contributed by atoms with Crippen molar-refractivity contribution in [2.45, 2.75) is 72.0 Å². The van der Waals surface area contributed by atoms with Crippen LogP contribution in [0.15, 0.2) is 11.6 Å². The number of esters is 1. The van der Waals surface area contributed by atoms with Crippen LogP contribution >= 0.6 is 0 Å². The van der Waals surface area contributed by atoms with Crippen molar-refractivity contribution in [3.63, 3.8) is 0 Å². The maximum absolute atomic E-state index is 11.4. The van der Waals surface area contributed by atoms with E-state index in [1.54, 1.807) is 6.08 Å². The molecule has 0 spiro atoms. The predicted molar refractivity (Wildman–Crippen MR) is 79.4 cm³/mol. The molecule has 3 nitrogen and oxygen atoms in total. The van der Waals surface area contributed by atoms with Crippen LogP contribution in [0.25, 0.3) is 0 Å². The molecule has 3 heteroatoms. The first-order valence-electron chi connectivity index (χ1n) is 7.81. The summed E-state index contributed by atoms with van der Waals surface area (Å²) in [6.07, 6.45) is 6.55. The highest BCUT2D eigenvalue weighted by Gasteiger charge is 2.63. The number of epoxide rings is 1. The molecule has 0 amide bonds. The summed E-state index contributed by atoms with van der Waals surface area (Å²) in [7, 11) is 0. The van der Waals surface area contributed by atoms with E-state index < -0.39 is 0 Å². The summed E-state index contributed by atoms with van der Waals surface area (Å²) in [4.78, 5) is 11.4. The minimum Gasteiger partial charge on any atom is -0.463 e. The Labute approximate surface area is 122 Å². The molecule has 2 rings (SSSR count). The Morgan fingerprint density at radius 3 is 2.75 bits per heavy atom. The van der Waals surface area contributed by atoms with Gasteiger partial charge in [-0.25, -0.2) is 4.79 Å². The third-order valence-electron chi connectivity index (χ3n) is 5.14. The molecule has 0 radical (unpaired) electrons. The van der Waals surface area contributed by atoms with E-state index in [0.717, 1.165) is 18.4 Å². The average Bonchev–Trinajstić information content (AvgIpc) is 2.99. The van der Waals surface area contributed by atoms with Crippen LogP contribution in [0, 0.1) is 11.3 Å². The summed E-state index contributed by atoms with van der Waals surface area (Å²) in [5.41, 5.74) is 1.50. The number of rotatable bonds is 5. The zero-order chi connectivity index (χ0) is 15.0. The molecule has 0 aromatic heterocycles. The van der Waals surface area contributed by atoms with E-state index in [9.17, 15) is 4.79 Å². The van der Waals surface area contributed by atoms with Crippen LogP contribution < -0.4 is 0 Å². The van der Waals surface area contributed by atoms with Gasteiger partial charge < -0.3 is 9.47 Å². The maximum Gasteiger partial charge on any atom is 0.330 e. The lowest BCUT2D eigenvalue weighted by molar-refractivity contribution is -0.137. The highest BCUT2D eigenvalue weighted by Crippen LogP contribution is 2.59. The Morgan fingerprint density at radius 2 is 2.10 bits per heavy atom. The smallest absolute Gasteiger partial charge is 0.330 e. The quantitative estimate of drug-likeness (QED) is 0.436. The zero-order valence-corrected chi connectivity index (χ0v) is 13.5. The van der Waals surface area contributed by atoms with E-state index in [1.807, 2.05) is 13.8 Å². The van der Waals surface area contributed by atoms with Gasteiger partial charge in [-0.1, -0.05) is 19.4 Å². The third kappa shape index (κ3) is 3.08. The summed E-state index contributed by atoms with van der Waals surface area (Å²) in [5.74, 6) is 0.346. The van der Waals surface area contributed by atoms with Crippen molar-refractivity contribution in [1.82, 2.24) is 0 Å². The SMILES string of the molecule is CCOC(=O)/C=C(\C)CC[C@H]1C(C)(C)CC[C@@H]2O[C@@]21C. The molecule has 1 aliphatic carbocycles. The van der Waals surface area contributed by atoms with Crippen LogP contribution in [0.5, 0.6) is 0 Å². The standard InChI is InChI=1S/C17H28O3/c1-6-19-15(18)11-12(2)7-8-13-16(3,4)10-9-14-17(13,5)20-14/h11,13-14H,6-10H2,1-5H3/b12-11+/t13-,14-,17+/m0/s1. The fourth-order valence-electron chi connectivity index (χ4n) is 3.88. The summed E-state index contributed by atoms with van der Waals surface area (Å²) in [6, 6.07) is 0.